The lowest BCUT2D eigenvalue weighted by Gasteiger charge is -2.09. The van der Waals surface area contributed by atoms with Gasteiger partial charge < -0.3 is 5.32 Å². The first-order valence-electron chi connectivity index (χ1n) is 7.12. The monoisotopic (exact) mass is 341 g/mol. The summed E-state index contributed by atoms with van der Waals surface area (Å²) in [6.45, 7) is 1.86. The number of nitrogens with zero attached hydrogens (tertiary/aromatic N) is 2. The fourth-order valence-electron chi connectivity index (χ4n) is 1.93. The summed E-state index contributed by atoms with van der Waals surface area (Å²) in [7, 11) is 0. The average molecular weight is 341 g/mol. The zero-order valence-electron chi connectivity index (χ0n) is 12.5. The number of aromatic nitrogens is 2. The van der Waals surface area contributed by atoms with E-state index in [1.54, 1.807) is 6.20 Å². The van der Waals surface area contributed by atoms with Crippen LogP contribution in [0.3, 0.4) is 0 Å². The minimum absolute atomic E-state index is 0.0744. The summed E-state index contributed by atoms with van der Waals surface area (Å²) in [6, 6.07) is 15.6. The quantitative estimate of drug-likeness (QED) is 0.702. The van der Waals surface area contributed by atoms with Gasteiger partial charge >= 0.3 is 0 Å². The van der Waals surface area contributed by atoms with Gasteiger partial charge in [-0.05, 0) is 19.1 Å². The highest BCUT2D eigenvalue weighted by Gasteiger charge is 2.16. The smallest absolute Gasteiger partial charge is 0.239 e. The third kappa shape index (κ3) is 4.18. The Morgan fingerprint density at radius 3 is 2.70 bits per heavy atom. The lowest BCUT2D eigenvalue weighted by molar-refractivity contribution is -0.115. The number of rotatable bonds is 5. The minimum Gasteiger partial charge on any atom is -0.301 e. The van der Waals surface area contributed by atoms with Crippen LogP contribution in [0.25, 0.3) is 11.3 Å². The number of carbonyl (C=O) groups is 1. The highest BCUT2D eigenvalue weighted by atomic mass is 32.2. The first-order chi connectivity index (χ1) is 11.2. The SMILES string of the molecule is CC(Sc1ccccn1)C(=O)Nc1nc(-c2ccccc2)cs1. The normalized spacial score (nSPS) is 11.9. The number of anilines is 1. The van der Waals surface area contributed by atoms with Crippen LogP contribution in [0.4, 0.5) is 5.13 Å². The van der Waals surface area contributed by atoms with Crippen LogP contribution < -0.4 is 5.32 Å². The van der Waals surface area contributed by atoms with Gasteiger partial charge in [-0.1, -0.05) is 48.2 Å². The van der Waals surface area contributed by atoms with Gasteiger partial charge in [0.2, 0.25) is 5.91 Å². The van der Waals surface area contributed by atoms with Crippen LogP contribution in [-0.4, -0.2) is 21.1 Å². The molecular weight excluding hydrogens is 326 g/mol. The molecule has 2 aromatic heterocycles. The van der Waals surface area contributed by atoms with E-state index in [9.17, 15) is 4.79 Å². The van der Waals surface area contributed by atoms with Gasteiger partial charge in [0.25, 0.3) is 0 Å². The average Bonchev–Trinajstić information content (AvgIpc) is 3.05. The summed E-state index contributed by atoms with van der Waals surface area (Å²) in [5.74, 6) is -0.0744. The van der Waals surface area contributed by atoms with Crippen LogP contribution in [0.1, 0.15) is 6.92 Å². The summed E-state index contributed by atoms with van der Waals surface area (Å²) < 4.78 is 0. The van der Waals surface area contributed by atoms with E-state index < -0.39 is 0 Å². The number of nitrogens with one attached hydrogen (secondary N) is 1. The lowest BCUT2D eigenvalue weighted by Crippen LogP contribution is -2.22. The predicted octanol–water partition coefficient (Wildman–Crippen LogP) is 4.32. The van der Waals surface area contributed by atoms with Crippen LogP contribution in [0.5, 0.6) is 0 Å². The molecule has 116 valence electrons. The summed E-state index contributed by atoms with van der Waals surface area (Å²) in [5, 5.41) is 6.02. The van der Waals surface area contributed by atoms with Crippen molar-refractivity contribution in [2.24, 2.45) is 0 Å². The Hall–Kier alpha value is -2.18. The second-order valence-electron chi connectivity index (χ2n) is 4.82. The molecule has 3 rings (SSSR count). The zero-order valence-corrected chi connectivity index (χ0v) is 14.1. The van der Waals surface area contributed by atoms with E-state index in [0.29, 0.717) is 5.13 Å². The third-order valence-corrected chi connectivity index (χ3v) is 4.92. The van der Waals surface area contributed by atoms with E-state index in [1.165, 1.54) is 23.1 Å². The Morgan fingerprint density at radius 2 is 1.96 bits per heavy atom. The van der Waals surface area contributed by atoms with Gasteiger partial charge in [0.1, 0.15) is 0 Å². The largest absolute Gasteiger partial charge is 0.301 e. The molecule has 0 radical (unpaired) electrons. The minimum atomic E-state index is -0.242. The van der Waals surface area contributed by atoms with Gasteiger partial charge in [-0.3, -0.25) is 4.79 Å². The number of amides is 1. The van der Waals surface area contributed by atoms with Crippen molar-refractivity contribution in [2.45, 2.75) is 17.2 Å². The number of pyridine rings is 1. The second-order valence-corrected chi connectivity index (χ2v) is 7.04. The van der Waals surface area contributed by atoms with Crippen molar-refractivity contribution in [1.29, 1.82) is 0 Å². The van der Waals surface area contributed by atoms with Crippen LogP contribution in [-0.2, 0) is 4.79 Å². The number of thioether (sulfide) groups is 1. The maximum Gasteiger partial charge on any atom is 0.239 e. The van der Waals surface area contributed by atoms with Gasteiger partial charge in [0.05, 0.1) is 16.0 Å². The molecule has 1 N–H and O–H groups in total. The van der Waals surface area contributed by atoms with E-state index in [0.717, 1.165) is 16.3 Å². The van der Waals surface area contributed by atoms with Crippen molar-refractivity contribution in [3.05, 3.63) is 60.1 Å². The molecule has 1 aromatic carbocycles. The fraction of sp³-hybridized carbons (Fsp3) is 0.118. The topological polar surface area (TPSA) is 54.9 Å². The van der Waals surface area contributed by atoms with Crippen molar-refractivity contribution >= 4 is 34.1 Å². The molecule has 23 heavy (non-hydrogen) atoms. The van der Waals surface area contributed by atoms with Gasteiger partial charge in [0.15, 0.2) is 5.13 Å². The summed E-state index contributed by atoms with van der Waals surface area (Å²) in [6.07, 6.45) is 1.72. The number of thiazole rings is 1. The lowest BCUT2D eigenvalue weighted by atomic mass is 10.2. The van der Waals surface area contributed by atoms with E-state index in [1.807, 2.05) is 60.8 Å². The van der Waals surface area contributed by atoms with Crippen molar-refractivity contribution in [2.75, 3.05) is 5.32 Å². The Kier molecular flexibility index (Phi) is 5.05. The first-order valence-corrected chi connectivity index (χ1v) is 8.88. The van der Waals surface area contributed by atoms with Crippen LogP contribution in [0, 0.1) is 0 Å². The molecular formula is C17H15N3OS2. The second kappa shape index (κ2) is 7.39. The summed E-state index contributed by atoms with van der Waals surface area (Å²) in [5.41, 5.74) is 1.91. The molecule has 1 unspecified atom stereocenters. The Bertz CT molecular complexity index is 775. The Morgan fingerprint density at radius 1 is 1.17 bits per heavy atom. The molecule has 0 aliphatic heterocycles. The van der Waals surface area contributed by atoms with Crippen molar-refractivity contribution < 1.29 is 4.79 Å². The van der Waals surface area contributed by atoms with Gasteiger partial charge in [-0.25, -0.2) is 9.97 Å². The number of carbonyl (C=O) groups excluding carboxylic acids is 1. The molecule has 0 aliphatic carbocycles. The van der Waals surface area contributed by atoms with Crippen LogP contribution in [0.2, 0.25) is 0 Å². The van der Waals surface area contributed by atoms with E-state index >= 15 is 0 Å². The molecule has 6 heteroatoms. The Labute approximate surface area is 143 Å². The van der Waals surface area contributed by atoms with Crippen LogP contribution >= 0.6 is 23.1 Å². The highest BCUT2D eigenvalue weighted by Crippen LogP contribution is 2.26. The number of benzene rings is 1. The molecule has 1 atom stereocenters. The fourth-order valence-corrected chi connectivity index (χ4v) is 3.46. The van der Waals surface area contributed by atoms with Crippen molar-refractivity contribution in [3.8, 4) is 11.3 Å². The maximum atomic E-state index is 12.3. The zero-order chi connectivity index (χ0) is 16.1. The molecule has 0 saturated heterocycles. The maximum absolute atomic E-state index is 12.3. The molecule has 0 aliphatic rings. The number of hydrogen-bond donors (Lipinski definition) is 1. The first kappa shape index (κ1) is 15.7. The van der Waals surface area contributed by atoms with Gasteiger partial charge in [-0.15, -0.1) is 11.3 Å². The van der Waals surface area contributed by atoms with Gasteiger partial charge in [0, 0.05) is 17.1 Å². The van der Waals surface area contributed by atoms with E-state index in [2.05, 4.69) is 15.3 Å². The molecule has 0 spiro atoms. The summed E-state index contributed by atoms with van der Waals surface area (Å²) >= 11 is 2.86. The standard InChI is InChI=1S/C17H15N3OS2/c1-12(23-15-9-5-6-10-18-15)16(21)20-17-19-14(11-22-17)13-7-3-2-4-8-13/h2-12H,1H3,(H,19,20,21). The van der Waals surface area contributed by atoms with Crippen LogP contribution in [0.15, 0.2) is 65.1 Å². The third-order valence-electron chi connectivity index (χ3n) is 3.11. The molecule has 0 saturated carbocycles. The van der Waals surface area contributed by atoms with Gasteiger partial charge in [-0.2, -0.15) is 0 Å². The molecule has 3 aromatic rings. The Balaban J connectivity index is 1.63. The predicted molar refractivity (Wildman–Crippen MR) is 95.7 cm³/mol. The summed E-state index contributed by atoms with van der Waals surface area (Å²) in [4.78, 5) is 21.0. The highest BCUT2D eigenvalue weighted by molar-refractivity contribution is 8.00. The van der Waals surface area contributed by atoms with Crippen molar-refractivity contribution in [3.63, 3.8) is 0 Å². The van der Waals surface area contributed by atoms with E-state index in [-0.39, 0.29) is 11.2 Å². The molecule has 1 amide bonds. The van der Waals surface area contributed by atoms with E-state index in [4.69, 9.17) is 0 Å². The molecule has 0 bridgehead atoms. The van der Waals surface area contributed by atoms with Crippen molar-refractivity contribution in [1.82, 2.24) is 9.97 Å². The molecule has 2 heterocycles. The molecule has 4 nitrogen and oxygen atoms in total. The number of hydrogen-bond acceptors (Lipinski definition) is 5. The molecule has 0 fully saturated rings.